The summed E-state index contributed by atoms with van der Waals surface area (Å²) in [5, 5.41) is 9.54. The minimum absolute atomic E-state index is 0.188. The molecule has 1 aromatic rings. The van der Waals surface area contributed by atoms with E-state index in [-0.39, 0.29) is 5.75 Å². The third kappa shape index (κ3) is 2.15. The summed E-state index contributed by atoms with van der Waals surface area (Å²) in [5.41, 5.74) is 1.94. The molecule has 2 nitrogen and oxygen atoms in total. The van der Waals surface area contributed by atoms with Crippen LogP contribution in [-0.2, 0) is 0 Å². The number of hydrogen-bond acceptors (Lipinski definition) is 2. The lowest BCUT2D eigenvalue weighted by Gasteiger charge is -2.08. The van der Waals surface area contributed by atoms with Crippen molar-refractivity contribution in [2.75, 3.05) is 7.11 Å². The van der Waals surface area contributed by atoms with Gasteiger partial charge >= 0.3 is 0 Å². The first-order chi connectivity index (χ1) is 6.06. The topological polar surface area (TPSA) is 29.5 Å². The Labute approximate surface area is 91.4 Å². The van der Waals surface area contributed by atoms with Crippen molar-refractivity contribution in [1.29, 1.82) is 0 Å². The highest BCUT2D eigenvalue weighted by Gasteiger charge is 2.08. The van der Waals surface area contributed by atoms with E-state index in [2.05, 4.69) is 29.2 Å². The van der Waals surface area contributed by atoms with E-state index in [0.717, 1.165) is 14.7 Å². The van der Waals surface area contributed by atoms with Gasteiger partial charge in [-0.3, -0.25) is 0 Å². The van der Waals surface area contributed by atoms with Gasteiger partial charge in [-0.15, -0.1) is 0 Å². The largest absolute Gasteiger partial charge is 0.504 e. The van der Waals surface area contributed by atoms with Gasteiger partial charge in [-0.1, -0.05) is 12.2 Å². The fraction of sp³-hybridized carbons (Fsp3) is 0.200. The quantitative estimate of drug-likeness (QED) is 0.848. The van der Waals surface area contributed by atoms with Crippen LogP contribution in [0.15, 0.2) is 18.7 Å². The first kappa shape index (κ1) is 10.4. The molecule has 0 aliphatic rings. The summed E-state index contributed by atoms with van der Waals surface area (Å²) in [5.74, 6) is 0.679. The number of aromatic hydroxyl groups is 1. The second kappa shape index (κ2) is 4.00. The molecule has 0 unspecified atom stereocenters. The molecule has 0 heterocycles. The SMILES string of the molecule is C=C(C)c1cc(I)c(O)c(OC)c1. The van der Waals surface area contributed by atoms with E-state index in [1.807, 2.05) is 13.0 Å². The van der Waals surface area contributed by atoms with Crippen LogP contribution in [0.25, 0.3) is 5.57 Å². The average molecular weight is 290 g/mol. The van der Waals surface area contributed by atoms with Crippen LogP contribution in [-0.4, -0.2) is 12.2 Å². The van der Waals surface area contributed by atoms with Gasteiger partial charge in [-0.25, -0.2) is 0 Å². The number of methoxy groups -OCH3 is 1. The summed E-state index contributed by atoms with van der Waals surface area (Å²) in [4.78, 5) is 0. The van der Waals surface area contributed by atoms with Crippen LogP contribution in [0, 0.1) is 3.57 Å². The molecule has 0 aliphatic carbocycles. The van der Waals surface area contributed by atoms with Gasteiger partial charge in [0.15, 0.2) is 11.5 Å². The minimum atomic E-state index is 0.188. The van der Waals surface area contributed by atoms with Crippen molar-refractivity contribution >= 4 is 28.2 Å². The van der Waals surface area contributed by atoms with E-state index in [4.69, 9.17) is 4.74 Å². The van der Waals surface area contributed by atoms with Crippen molar-refractivity contribution in [1.82, 2.24) is 0 Å². The van der Waals surface area contributed by atoms with Gasteiger partial charge in [0.25, 0.3) is 0 Å². The molecule has 70 valence electrons. The average Bonchev–Trinajstić information content (AvgIpc) is 2.09. The fourth-order valence-corrected chi connectivity index (χ4v) is 1.58. The summed E-state index contributed by atoms with van der Waals surface area (Å²) in [6, 6.07) is 3.65. The van der Waals surface area contributed by atoms with E-state index < -0.39 is 0 Å². The van der Waals surface area contributed by atoms with Crippen LogP contribution in [0.4, 0.5) is 0 Å². The Morgan fingerprint density at radius 3 is 2.62 bits per heavy atom. The number of ether oxygens (including phenoxy) is 1. The predicted molar refractivity (Wildman–Crippen MR) is 62.1 cm³/mol. The maximum atomic E-state index is 9.54. The van der Waals surface area contributed by atoms with Gasteiger partial charge in [0.05, 0.1) is 10.7 Å². The third-order valence-corrected chi connectivity index (χ3v) is 2.56. The highest BCUT2D eigenvalue weighted by atomic mass is 127. The van der Waals surface area contributed by atoms with Gasteiger partial charge in [0, 0.05) is 0 Å². The second-order valence-electron chi connectivity index (χ2n) is 2.79. The lowest BCUT2D eigenvalue weighted by atomic mass is 10.1. The Morgan fingerprint density at radius 1 is 1.54 bits per heavy atom. The molecular weight excluding hydrogens is 279 g/mol. The molecule has 0 fully saturated rings. The van der Waals surface area contributed by atoms with Crippen molar-refractivity contribution in [2.24, 2.45) is 0 Å². The van der Waals surface area contributed by atoms with Gasteiger partial charge in [-0.2, -0.15) is 0 Å². The normalized spacial score (nSPS) is 9.77. The van der Waals surface area contributed by atoms with E-state index >= 15 is 0 Å². The van der Waals surface area contributed by atoms with Gasteiger partial charge in [-0.05, 0) is 47.2 Å². The first-order valence-electron chi connectivity index (χ1n) is 3.78. The van der Waals surface area contributed by atoms with Crippen molar-refractivity contribution in [2.45, 2.75) is 6.92 Å². The summed E-state index contributed by atoms with van der Waals surface area (Å²) in [6.07, 6.45) is 0. The molecule has 0 aromatic heterocycles. The number of benzene rings is 1. The predicted octanol–water partition coefficient (Wildman–Crippen LogP) is 3.04. The molecule has 0 bridgehead atoms. The van der Waals surface area contributed by atoms with Crippen LogP contribution in [0.2, 0.25) is 0 Å². The molecule has 13 heavy (non-hydrogen) atoms. The van der Waals surface area contributed by atoms with Crippen LogP contribution >= 0.6 is 22.6 Å². The molecular formula is C10H11IO2. The minimum Gasteiger partial charge on any atom is -0.504 e. The highest BCUT2D eigenvalue weighted by molar-refractivity contribution is 14.1. The Kier molecular flexibility index (Phi) is 3.19. The number of allylic oxidation sites excluding steroid dienone is 1. The van der Waals surface area contributed by atoms with Crippen LogP contribution in [0.5, 0.6) is 11.5 Å². The Bertz CT molecular complexity index is 345. The maximum absolute atomic E-state index is 9.54. The monoisotopic (exact) mass is 290 g/mol. The van der Waals surface area contributed by atoms with Gasteiger partial charge in [0.2, 0.25) is 0 Å². The molecule has 0 radical (unpaired) electrons. The van der Waals surface area contributed by atoms with E-state index in [0.29, 0.717) is 5.75 Å². The number of hydrogen-bond donors (Lipinski definition) is 1. The van der Waals surface area contributed by atoms with Gasteiger partial charge in [0.1, 0.15) is 0 Å². The number of phenolic OH excluding ortho intramolecular Hbond substituents is 1. The van der Waals surface area contributed by atoms with E-state index in [9.17, 15) is 5.11 Å². The molecule has 0 spiro atoms. The zero-order valence-electron chi connectivity index (χ0n) is 7.60. The molecule has 3 heteroatoms. The van der Waals surface area contributed by atoms with Crippen molar-refractivity contribution < 1.29 is 9.84 Å². The standard InChI is InChI=1S/C10H11IO2/c1-6(2)7-4-8(11)10(12)9(5-7)13-3/h4-5,12H,1H2,2-3H3. The molecule has 0 saturated heterocycles. The Balaban J connectivity index is 3.30. The highest BCUT2D eigenvalue weighted by Crippen LogP contribution is 2.33. The summed E-state index contributed by atoms with van der Waals surface area (Å²) in [7, 11) is 1.54. The number of rotatable bonds is 2. The zero-order chi connectivity index (χ0) is 10.0. The molecule has 1 aromatic carbocycles. The molecule has 0 aliphatic heterocycles. The lowest BCUT2D eigenvalue weighted by molar-refractivity contribution is 0.371. The second-order valence-corrected chi connectivity index (χ2v) is 3.95. The van der Waals surface area contributed by atoms with Crippen LogP contribution in [0.3, 0.4) is 0 Å². The van der Waals surface area contributed by atoms with Gasteiger partial charge < -0.3 is 9.84 Å². The van der Waals surface area contributed by atoms with Crippen LogP contribution < -0.4 is 4.74 Å². The number of halogens is 1. The summed E-state index contributed by atoms with van der Waals surface area (Å²) in [6.45, 7) is 5.75. The van der Waals surface area contributed by atoms with Crippen LogP contribution in [0.1, 0.15) is 12.5 Å². The Hall–Kier alpha value is -0.710. The summed E-state index contributed by atoms with van der Waals surface area (Å²) >= 11 is 2.06. The first-order valence-corrected chi connectivity index (χ1v) is 4.86. The molecule has 1 N–H and O–H groups in total. The number of phenols is 1. The molecule has 0 saturated carbocycles. The van der Waals surface area contributed by atoms with Crippen molar-refractivity contribution in [3.63, 3.8) is 0 Å². The van der Waals surface area contributed by atoms with E-state index in [1.165, 1.54) is 7.11 Å². The fourth-order valence-electron chi connectivity index (χ4n) is 0.976. The van der Waals surface area contributed by atoms with Crippen molar-refractivity contribution in [3.05, 3.63) is 27.8 Å². The third-order valence-electron chi connectivity index (χ3n) is 1.74. The Morgan fingerprint density at radius 2 is 2.15 bits per heavy atom. The maximum Gasteiger partial charge on any atom is 0.171 e. The van der Waals surface area contributed by atoms with E-state index in [1.54, 1.807) is 6.07 Å². The summed E-state index contributed by atoms with van der Waals surface area (Å²) < 4.78 is 5.79. The molecule has 1 rings (SSSR count). The molecule has 0 amide bonds. The smallest absolute Gasteiger partial charge is 0.171 e. The lowest BCUT2D eigenvalue weighted by Crippen LogP contribution is -1.88. The van der Waals surface area contributed by atoms with Crippen molar-refractivity contribution in [3.8, 4) is 11.5 Å². The molecule has 0 atom stereocenters. The zero-order valence-corrected chi connectivity index (χ0v) is 9.75.